The highest BCUT2D eigenvalue weighted by Crippen LogP contribution is 2.29. The van der Waals surface area contributed by atoms with Crippen LogP contribution in [0, 0.1) is 5.82 Å². The standard InChI is InChI=1S/C18H19ClFN3O3/c1-21-17(24)12-3-2-6-23-18(12)26-15-10-22-7-8-25-16(15)11-4-5-13(19)14(20)9-11/h2-6,9,15-16,22H,7-8,10H2,1H3,(H,21,24)/t15?,16-/m0/s1. The molecule has 0 spiro atoms. The number of nitrogens with one attached hydrogen (secondary N) is 2. The number of pyridine rings is 1. The van der Waals surface area contributed by atoms with Crippen molar-refractivity contribution < 1.29 is 18.7 Å². The molecule has 1 aliphatic heterocycles. The Hall–Kier alpha value is -2.22. The van der Waals surface area contributed by atoms with Gasteiger partial charge in [-0.05, 0) is 29.8 Å². The molecule has 1 aromatic heterocycles. The summed E-state index contributed by atoms with van der Waals surface area (Å²) in [4.78, 5) is 16.2. The summed E-state index contributed by atoms with van der Waals surface area (Å²) in [5, 5.41) is 5.81. The Balaban J connectivity index is 1.90. The molecule has 2 heterocycles. The number of rotatable bonds is 4. The Labute approximate surface area is 155 Å². The first-order valence-electron chi connectivity index (χ1n) is 8.21. The summed E-state index contributed by atoms with van der Waals surface area (Å²) in [5.41, 5.74) is 0.929. The van der Waals surface area contributed by atoms with Crippen LogP contribution in [0.15, 0.2) is 36.5 Å². The smallest absolute Gasteiger partial charge is 0.256 e. The number of amides is 1. The van der Waals surface area contributed by atoms with Gasteiger partial charge in [-0.2, -0.15) is 0 Å². The molecule has 138 valence electrons. The zero-order valence-corrected chi connectivity index (χ0v) is 14.9. The summed E-state index contributed by atoms with van der Waals surface area (Å²) in [6.45, 7) is 1.54. The van der Waals surface area contributed by atoms with Crippen molar-refractivity contribution in [3.8, 4) is 5.88 Å². The third-order valence-electron chi connectivity index (χ3n) is 4.04. The highest BCUT2D eigenvalue weighted by molar-refractivity contribution is 6.30. The zero-order valence-electron chi connectivity index (χ0n) is 14.2. The number of carbonyl (C=O) groups excluding carboxylic acids is 1. The summed E-state index contributed by atoms with van der Waals surface area (Å²) in [6, 6.07) is 7.82. The molecule has 6 nitrogen and oxygen atoms in total. The van der Waals surface area contributed by atoms with Crippen LogP contribution in [0.3, 0.4) is 0 Å². The monoisotopic (exact) mass is 379 g/mol. The molecule has 0 radical (unpaired) electrons. The molecule has 8 heteroatoms. The molecule has 3 rings (SSSR count). The van der Waals surface area contributed by atoms with E-state index in [0.717, 1.165) is 0 Å². The van der Waals surface area contributed by atoms with Crippen molar-refractivity contribution >= 4 is 17.5 Å². The lowest BCUT2D eigenvalue weighted by molar-refractivity contribution is -0.0105. The molecule has 2 N–H and O–H groups in total. The van der Waals surface area contributed by atoms with Gasteiger partial charge in [-0.25, -0.2) is 9.37 Å². The lowest BCUT2D eigenvalue weighted by atomic mass is 10.0. The van der Waals surface area contributed by atoms with Crippen molar-refractivity contribution in [2.45, 2.75) is 12.2 Å². The first-order valence-corrected chi connectivity index (χ1v) is 8.59. The third-order valence-corrected chi connectivity index (χ3v) is 4.34. The van der Waals surface area contributed by atoms with Crippen molar-refractivity contribution in [3.63, 3.8) is 0 Å². The van der Waals surface area contributed by atoms with Crippen LogP contribution in [0.2, 0.25) is 5.02 Å². The van der Waals surface area contributed by atoms with Crippen LogP contribution in [0.5, 0.6) is 5.88 Å². The second kappa shape index (κ2) is 8.44. The van der Waals surface area contributed by atoms with Gasteiger partial charge in [-0.1, -0.05) is 17.7 Å². The maximum atomic E-state index is 13.9. The first kappa shape index (κ1) is 18.6. The molecule has 1 aromatic carbocycles. The summed E-state index contributed by atoms with van der Waals surface area (Å²) in [6.07, 6.45) is 0.511. The van der Waals surface area contributed by atoms with E-state index in [1.807, 2.05) is 0 Å². The van der Waals surface area contributed by atoms with Gasteiger partial charge in [0.05, 0.1) is 11.6 Å². The molecular weight excluding hydrogens is 361 g/mol. The number of nitrogens with zero attached hydrogens (tertiary/aromatic N) is 1. The van der Waals surface area contributed by atoms with Crippen LogP contribution in [0.1, 0.15) is 22.0 Å². The van der Waals surface area contributed by atoms with Gasteiger partial charge in [0.2, 0.25) is 5.88 Å². The predicted octanol–water partition coefficient (Wildman–Crippen LogP) is 2.34. The molecule has 2 atom stereocenters. The van der Waals surface area contributed by atoms with Gasteiger partial charge in [0.25, 0.3) is 5.91 Å². The number of hydrogen-bond donors (Lipinski definition) is 2. The van der Waals surface area contributed by atoms with E-state index in [1.54, 1.807) is 24.4 Å². The topological polar surface area (TPSA) is 72.5 Å². The highest BCUT2D eigenvalue weighted by Gasteiger charge is 2.30. The molecule has 1 unspecified atom stereocenters. The van der Waals surface area contributed by atoms with Crippen molar-refractivity contribution in [2.75, 3.05) is 26.7 Å². The van der Waals surface area contributed by atoms with Crippen LogP contribution in [-0.2, 0) is 4.74 Å². The van der Waals surface area contributed by atoms with Gasteiger partial charge in [0.1, 0.15) is 23.6 Å². The highest BCUT2D eigenvalue weighted by atomic mass is 35.5. The minimum Gasteiger partial charge on any atom is -0.469 e. The van der Waals surface area contributed by atoms with Gasteiger partial charge >= 0.3 is 0 Å². The zero-order chi connectivity index (χ0) is 18.5. The minimum atomic E-state index is -0.531. The lowest BCUT2D eigenvalue weighted by Crippen LogP contribution is -2.35. The molecule has 2 aromatic rings. The first-order chi connectivity index (χ1) is 12.6. The summed E-state index contributed by atoms with van der Waals surface area (Å²) < 4.78 is 25.8. The van der Waals surface area contributed by atoms with E-state index >= 15 is 0 Å². The Morgan fingerprint density at radius 1 is 1.46 bits per heavy atom. The fraction of sp³-hybridized carbons (Fsp3) is 0.333. The van der Waals surface area contributed by atoms with E-state index in [0.29, 0.717) is 30.8 Å². The molecule has 26 heavy (non-hydrogen) atoms. The second-order valence-corrected chi connectivity index (χ2v) is 6.17. The van der Waals surface area contributed by atoms with Crippen LogP contribution >= 0.6 is 11.6 Å². The van der Waals surface area contributed by atoms with E-state index in [9.17, 15) is 9.18 Å². The van der Waals surface area contributed by atoms with E-state index < -0.39 is 18.0 Å². The fourth-order valence-electron chi connectivity index (χ4n) is 2.76. The Bertz CT molecular complexity index is 790. The van der Waals surface area contributed by atoms with Crippen molar-refractivity contribution in [1.29, 1.82) is 0 Å². The molecule has 0 bridgehead atoms. The van der Waals surface area contributed by atoms with Crippen LogP contribution in [0.4, 0.5) is 4.39 Å². The number of halogens is 2. The maximum absolute atomic E-state index is 13.9. The van der Waals surface area contributed by atoms with Gasteiger partial charge in [-0.3, -0.25) is 4.79 Å². The van der Waals surface area contributed by atoms with Crippen LogP contribution < -0.4 is 15.4 Å². The van der Waals surface area contributed by atoms with Crippen molar-refractivity contribution in [2.24, 2.45) is 0 Å². The quantitative estimate of drug-likeness (QED) is 0.853. The predicted molar refractivity (Wildman–Crippen MR) is 95.0 cm³/mol. The summed E-state index contributed by atoms with van der Waals surface area (Å²) in [5.74, 6) is -0.624. The molecule has 0 aliphatic carbocycles. The Morgan fingerprint density at radius 2 is 2.31 bits per heavy atom. The van der Waals surface area contributed by atoms with Gasteiger partial charge in [0, 0.05) is 26.3 Å². The molecule has 1 aliphatic rings. The molecule has 0 saturated carbocycles. The second-order valence-electron chi connectivity index (χ2n) is 5.76. The van der Waals surface area contributed by atoms with Crippen LogP contribution in [-0.4, -0.2) is 43.7 Å². The molecule has 1 amide bonds. The van der Waals surface area contributed by atoms with E-state index in [2.05, 4.69) is 15.6 Å². The van der Waals surface area contributed by atoms with Gasteiger partial charge < -0.3 is 20.1 Å². The van der Waals surface area contributed by atoms with E-state index in [1.165, 1.54) is 19.2 Å². The number of hydrogen-bond acceptors (Lipinski definition) is 5. The average Bonchev–Trinajstić information content (AvgIpc) is 2.89. The number of aromatic nitrogens is 1. The molecule has 1 fully saturated rings. The molecule has 1 saturated heterocycles. The lowest BCUT2D eigenvalue weighted by Gasteiger charge is -2.26. The van der Waals surface area contributed by atoms with Gasteiger partial charge in [0.15, 0.2) is 0 Å². The van der Waals surface area contributed by atoms with Crippen LogP contribution in [0.25, 0.3) is 0 Å². The number of benzene rings is 1. The normalized spacial score (nSPS) is 20.3. The molecular formula is C18H19ClFN3O3. The Morgan fingerprint density at radius 3 is 3.08 bits per heavy atom. The SMILES string of the molecule is CNC(=O)c1cccnc1OC1CNCCO[C@H]1c1ccc(Cl)c(F)c1. The minimum absolute atomic E-state index is 0.0459. The number of carbonyl (C=O) groups is 1. The number of ether oxygens (including phenoxy) is 2. The van der Waals surface area contributed by atoms with Crippen molar-refractivity contribution in [1.82, 2.24) is 15.6 Å². The largest absolute Gasteiger partial charge is 0.469 e. The third kappa shape index (κ3) is 4.12. The maximum Gasteiger partial charge on any atom is 0.256 e. The summed E-state index contributed by atoms with van der Waals surface area (Å²) >= 11 is 5.78. The summed E-state index contributed by atoms with van der Waals surface area (Å²) in [7, 11) is 1.54. The average molecular weight is 380 g/mol. The Kier molecular flexibility index (Phi) is 6.03. The van der Waals surface area contributed by atoms with Gasteiger partial charge in [-0.15, -0.1) is 0 Å². The van der Waals surface area contributed by atoms with Crippen molar-refractivity contribution in [3.05, 3.63) is 58.5 Å². The van der Waals surface area contributed by atoms with E-state index in [4.69, 9.17) is 21.1 Å². The fourth-order valence-corrected chi connectivity index (χ4v) is 2.87. The van der Waals surface area contributed by atoms with E-state index in [-0.39, 0.29) is 16.8 Å².